The zero-order valence-electron chi connectivity index (χ0n) is 15.6. The summed E-state index contributed by atoms with van der Waals surface area (Å²) in [6, 6.07) is 15.2. The van der Waals surface area contributed by atoms with Crippen molar-refractivity contribution in [2.45, 2.75) is 12.3 Å². The fourth-order valence-corrected chi connectivity index (χ4v) is 3.11. The van der Waals surface area contributed by atoms with Gasteiger partial charge in [0.25, 0.3) is 0 Å². The first-order valence-corrected chi connectivity index (χ1v) is 9.17. The van der Waals surface area contributed by atoms with Crippen molar-refractivity contribution >= 4 is 29.3 Å². The Hall–Kier alpha value is -3.68. The molecule has 0 bridgehead atoms. The highest BCUT2D eigenvalue weighted by Gasteiger charge is 2.48. The Morgan fingerprint density at radius 2 is 1.66 bits per heavy atom. The molecule has 1 aliphatic carbocycles. The summed E-state index contributed by atoms with van der Waals surface area (Å²) in [7, 11) is 0. The number of anilines is 1. The Morgan fingerprint density at radius 1 is 1.03 bits per heavy atom. The highest BCUT2D eigenvalue weighted by atomic mass is 16.4. The number of nitrogens with two attached hydrogens (primary N) is 1. The molecular weight excluding hydrogens is 372 g/mol. The molecule has 8 heteroatoms. The van der Waals surface area contributed by atoms with Crippen LogP contribution in [0.1, 0.15) is 23.5 Å². The molecule has 1 fully saturated rings. The van der Waals surface area contributed by atoms with E-state index in [-0.39, 0.29) is 24.2 Å². The lowest BCUT2D eigenvalue weighted by Crippen LogP contribution is -2.33. The van der Waals surface area contributed by atoms with Gasteiger partial charge in [-0.05, 0) is 36.2 Å². The summed E-state index contributed by atoms with van der Waals surface area (Å²) in [5.41, 5.74) is 7.12. The SMILES string of the molecule is N=C(N)c1ccc(NC(=O)C2CC2C(=O)NCC(C(=O)O)c2ccccc2)cc1. The third kappa shape index (κ3) is 4.98. The largest absolute Gasteiger partial charge is 0.481 e. The highest BCUT2D eigenvalue weighted by Crippen LogP contribution is 2.39. The molecule has 0 saturated heterocycles. The molecule has 1 aliphatic rings. The third-order valence-corrected chi connectivity index (χ3v) is 4.91. The quantitative estimate of drug-likeness (QED) is 0.340. The smallest absolute Gasteiger partial charge is 0.312 e. The van der Waals surface area contributed by atoms with Crippen molar-refractivity contribution in [2.24, 2.45) is 17.6 Å². The number of amidine groups is 1. The number of carboxylic acids is 1. The first-order valence-electron chi connectivity index (χ1n) is 9.17. The molecule has 0 spiro atoms. The molecule has 3 atom stereocenters. The van der Waals surface area contributed by atoms with E-state index < -0.39 is 23.7 Å². The monoisotopic (exact) mass is 394 g/mol. The van der Waals surface area contributed by atoms with E-state index in [2.05, 4.69) is 10.6 Å². The number of carboxylic acid groups (broad SMARTS) is 1. The number of benzene rings is 2. The van der Waals surface area contributed by atoms with Gasteiger partial charge in [-0.1, -0.05) is 30.3 Å². The van der Waals surface area contributed by atoms with Gasteiger partial charge in [0, 0.05) is 17.8 Å². The van der Waals surface area contributed by atoms with Crippen molar-refractivity contribution < 1.29 is 19.5 Å². The Bertz CT molecular complexity index is 927. The van der Waals surface area contributed by atoms with E-state index in [1.807, 2.05) is 0 Å². The van der Waals surface area contributed by atoms with Crippen LogP contribution in [-0.2, 0) is 14.4 Å². The molecular formula is C21H22N4O4. The van der Waals surface area contributed by atoms with Crippen molar-refractivity contribution in [1.82, 2.24) is 5.32 Å². The predicted octanol–water partition coefficient (Wildman–Crippen LogP) is 1.53. The van der Waals surface area contributed by atoms with E-state index in [1.54, 1.807) is 54.6 Å². The molecule has 0 aliphatic heterocycles. The zero-order chi connectivity index (χ0) is 21.0. The molecule has 29 heavy (non-hydrogen) atoms. The lowest BCUT2D eigenvalue weighted by atomic mass is 9.99. The Labute approximate surface area is 167 Å². The summed E-state index contributed by atoms with van der Waals surface area (Å²) < 4.78 is 0. The molecule has 0 heterocycles. The maximum atomic E-state index is 12.3. The third-order valence-electron chi connectivity index (χ3n) is 4.91. The summed E-state index contributed by atoms with van der Waals surface area (Å²) in [5, 5.41) is 22.2. The van der Waals surface area contributed by atoms with Gasteiger partial charge in [-0.25, -0.2) is 0 Å². The fourth-order valence-electron chi connectivity index (χ4n) is 3.11. The molecule has 150 valence electrons. The molecule has 0 aromatic heterocycles. The summed E-state index contributed by atoms with van der Waals surface area (Å²) in [5.74, 6) is -3.41. The number of amides is 2. The highest BCUT2D eigenvalue weighted by molar-refractivity contribution is 6.00. The van der Waals surface area contributed by atoms with Crippen molar-refractivity contribution in [1.29, 1.82) is 5.41 Å². The van der Waals surface area contributed by atoms with Gasteiger partial charge in [-0.3, -0.25) is 19.8 Å². The lowest BCUT2D eigenvalue weighted by Gasteiger charge is -2.14. The Kier molecular flexibility index (Phi) is 5.92. The van der Waals surface area contributed by atoms with Crippen LogP contribution < -0.4 is 16.4 Å². The topological polar surface area (TPSA) is 145 Å². The van der Waals surface area contributed by atoms with Crippen LogP contribution in [0.5, 0.6) is 0 Å². The minimum absolute atomic E-state index is 0.0322. The van der Waals surface area contributed by atoms with E-state index in [9.17, 15) is 19.5 Å². The van der Waals surface area contributed by atoms with E-state index in [1.165, 1.54) is 0 Å². The molecule has 0 radical (unpaired) electrons. The van der Waals surface area contributed by atoms with Crippen LogP contribution in [0, 0.1) is 17.2 Å². The second kappa shape index (κ2) is 8.55. The van der Waals surface area contributed by atoms with Crippen molar-refractivity contribution in [3.63, 3.8) is 0 Å². The maximum absolute atomic E-state index is 12.3. The molecule has 2 aromatic carbocycles. The second-order valence-corrected chi connectivity index (χ2v) is 6.98. The molecule has 6 N–H and O–H groups in total. The van der Waals surface area contributed by atoms with Crippen LogP contribution in [0.25, 0.3) is 0 Å². The molecule has 8 nitrogen and oxygen atoms in total. The van der Waals surface area contributed by atoms with Gasteiger partial charge >= 0.3 is 5.97 Å². The van der Waals surface area contributed by atoms with Gasteiger partial charge in [0.2, 0.25) is 11.8 Å². The lowest BCUT2D eigenvalue weighted by molar-refractivity contribution is -0.138. The van der Waals surface area contributed by atoms with Crippen LogP contribution in [0.4, 0.5) is 5.69 Å². The number of rotatable bonds is 8. The number of hydrogen-bond acceptors (Lipinski definition) is 4. The van der Waals surface area contributed by atoms with Crippen LogP contribution in [0.15, 0.2) is 54.6 Å². The van der Waals surface area contributed by atoms with Crippen LogP contribution in [0.3, 0.4) is 0 Å². The maximum Gasteiger partial charge on any atom is 0.312 e. The predicted molar refractivity (Wildman–Crippen MR) is 108 cm³/mol. The van der Waals surface area contributed by atoms with E-state index in [4.69, 9.17) is 11.1 Å². The van der Waals surface area contributed by atoms with Gasteiger partial charge in [0.05, 0.1) is 17.8 Å². The molecule has 1 saturated carbocycles. The molecule has 3 unspecified atom stereocenters. The average Bonchev–Trinajstić information content (AvgIpc) is 3.50. The van der Waals surface area contributed by atoms with Crippen molar-refractivity contribution in [2.75, 3.05) is 11.9 Å². The Morgan fingerprint density at radius 3 is 2.24 bits per heavy atom. The average molecular weight is 394 g/mol. The van der Waals surface area contributed by atoms with Gasteiger partial charge in [0.15, 0.2) is 0 Å². The van der Waals surface area contributed by atoms with Crippen LogP contribution in [-0.4, -0.2) is 35.3 Å². The first-order chi connectivity index (χ1) is 13.9. The molecule has 2 aromatic rings. The van der Waals surface area contributed by atoms with E-state index in [0.29, 0.717) is 23.2 Å². The number of nitrogens with one attached hydrogen (secondary N) is 3. The minimum atomic E-state index is -1.02. The minimum Gasteiger partial charge on any atom is -0.481 e. The summed E-state index contributed by atoms with van der Waals surface area (Å²) >= 11 is 0. The summed E-state index contributed by atoms with van der Waals surface area (Å²) in [6.07, 6.45) is 0.423. The number of carbonyl (C=O) groups excluding carboxylic acids is 2. The van der Waals surface area contributed by atoms with Gasteiger partial charge < -0.3 is 21.5 Å². The zero-order valence-corrected chi connectivity index (χ0v) is 15.6. The second-order valence-electron chi connectivity index (χ2n) is 6.98. The number of nitrogen functional groups attached to an aromatic ring is 1. The van der Waals surface area contributed by atoms with Gasteiger partial charge in [0.1, 0.15) is 5.84 Å². The van der Waals surface area contributed by atoms with Crippen LogP contribution >= 0.6 is 0 Å². The standard InChI is InChI=1S/C21H22N4O4/c22-18(23)13-6-8-14(9-7-13)25-20(27)16-10-15(16)19(26)24-11-17(21(28)29)12-4-2-1-3-5-12/h1-9,15-17H,10-11H2,(H3,22,23)(H,24,26)(H,25,27)(H,28,29). The number of hydrogen-bond donors (Lipinski definition) is 5. The van der Waals surface area contributed by atoms with Gasteiger partial charge in [-0.15, -0.1) is 0 Å². The number of carbonyl (C=O) groups is 3. The molecule has 2 amide bonds. The van der Waals surface area contributed by atoms with Crippen LogP contribution in [0.2, 0.25) is 0 Å². The van der Waals surface area contributed by atoms with E-state index >= 15 is 0 Å². The summed E-state index contributed by atoms with van der Waals surface area (Å²) in [4.78, 5) is 36.2. The van der Waals surface area contributed by atoms with Gasteiger partial charge in [-0.2, -0.15) is 0 Å². The Balaban J connectivity index is 1.51. The van der Waals surface area contributed by atoms with Crippen molar-refractivity contribution in [3.05, 3.63) is 65.7 Å². The fraction of sp³-hybridized carbons (Fsp3) is 0.238. The molecule has 3 rings (SSSR count). The van der Waals surface area contributed by atoms with Crippen molar-refractivity contribution in [3.8, 4) is 0 Å². The first kappa shape index (κ1) is 20.1. The normalized spacial score (nSPS) is 18.3. The summed E-state index contributed by atoms with van der Waals surface area (Å²) in [6.45, 7) is -0.0322. The number of aliphatic carboxylic acids is 1. The van der Waals surface area contributed by atoms with E-state index in [0.717, 1.165) is 0 Å².